The van der Waals surface area contributed by atoms with E-state index in [1.165, 1.54) is 12.2 Å². The van der Waals surface area contributed by atoms with Crippen LogP contribution in [-0.2, 0) is 4.79 Å². The molecule has 2 aromatic rings. The Hall–Kier alpha value is -2.07. The molecule has 0 radical (unpaired) electrons. The molecule has 0 aliphatic carbocycles. The van der Waals surface area contributed by atoms with Crippen LogP contribution in [0, 0.1) is 0 Å². The molecular weight excluding hydrogens is 238 g/mol. The zero-order valence-corrected chi connectivity index (χ0v) is 9.61. The number of benzene rings is 1. The number of nitrogens with one attached hydrogen (secondary N) is 1. The Morgan fingerprint density at radius 1 is 1.35 bits per heavy atom. The van der Waals surface area contributed by atoms with E-state index in [2.05, 4.69) is 9.97 Å². The summed E-state index contributed by atoms with van der Waals surface area (Å²) in [5.41, 5.74) is 6.42. The molecular formula is C12H10ClN3O. The van der Waals surface area contributed by atoms with Crippen molar-refractivity contribution in [1.29, 1.82) is 0 Å². The average Bonchev–Trinajstić information content (AvgIpc) is 2.69. The predicted octanol–water partition coefficient (Wildman–Crippen LogP) is 2.23. The van der Waals surface area contributed by atoms with Gasteiger partial charge in [0.05, 0.1) is 0 Å². The Bertz CT molecular complexity index is 560. The first-order valence-corrected chi connectivity index (χ1v) is 5.33. The lowest BCUT2D eigenvalue weighted by Crippen LogP contribution is -2.05. The van der Waals surface area contributed by atoms with Crippen molar-refractivity contribution in [3.8, 4) is 11.4 Å². The molecule has 0 saturated heterocycles. The van der Waals surface area contributed by atoms with Gasteiger partial charge in [0.25, 0.3) is 0 Å². The van der Waals surface area contributed by atoms with Gasteiger partial charge < -0.3 is 10.7 Å². The maximum atomic E-state index is 10.6. The molecule has 3 N–H and O–H groups in total. The Kier molecular flexibility index (Phi) is 3.25. The summed E-state index contributed by atoms with van der Waals surface area (Å²) >= 11 is 5.96. The van der Waals surface area contributed by atoms with Crippen molar-refractivity contribution in [2.75, 3.05) is 0 Å². The molecule has 0 spiro atoms. The maximum Gasteiger partial charge on any atom is 0.241 e. The van der Waals surface area contributed by atoms with Crippen LogP contribution in [0.2, 0.25) is 5.15 Å². The highest BCUT2D eigenvalue weighted by Gasteiger charge is 2.07. The summed E-state index contributed by atoms with van der Waals surface area (Å²) in [7, 11) is 0. The van der Waals surface area contributed by atoms with E-state index in [9.17, 15) is 4.79 Å². The summed E-state index contributed by atoms with van der Waals surface area (Å²) in [5, 5.41) is 0.376. The number of primary amides is 1. The van der Waals surface area contributed by atoms with Gasteiger partial charge in [-0.15, -0.1) is 0 Å². The monoisotopic (exact) mass is 247 g/mol. The van der Waals surface area contributed by atoms with Gasteiger partial charge in [0, 0.05) is 11.6 Å². The van der Waals surface area contributed by atoms with Crippen LogP contribution in [-0.4, -0.2) is 15.9 Å². The molecule has 5 heteroatoms. The average molecular weight is 248 g/mol. The number of imidazole rings is 1. The number of carbonyl (C=O) groups excluding carboxylic acids is 1. The standard InChI is InChI=1S/C12H10ClN3O/c13-11-9(6-7-10(14)17)15-12(16-11)8-4-2-1-3-5-8/h1-7H,(H2,14,17)(H,15,16)/b7-6+. The smallest absolute Gasteiger partial charge is 0.241 e. The van der Waals surface area contributed by atoms with E-state index in [-0.39, 0.29) is 0 Å². The molecule has 0 aliphatic heterocycles. The third-order valence-electron chi connectivity index (χ3n) is 2.14. The van der Waals surface area contributed by atoms with Crippen LogP contribution in [0.25, 0.3) is 17.5 Å². The van der Waals surface area contributed by atoms with E-state index in [1.54, 1.807) is 0 Å². The van der Waals surface area contributed by atoms with Crippen molar-refractivity contribution >= 4 is 23.6 Å². The number of hydrogen-bond donors (Lipinski definition) is 2. The Morgan fingerprint density at radius 3 is 2.71 bits per heavy atom. The first-order chi connectivity index (χ1) is 8.16. The molecule has 0 unspecified atom stereocenters. The molecule has 86 valence electrons. The summed E-state index contributed by atoms with van der Waals surface area (Å²) in [6.45, 7) is 0. The number of aromatic amines is 1. The molecule has 2 rings (SSSR count). The van der Waals surface area contributed by atoms with Crippen molar-refractivity contribution in [1.82, 2.24) is 9.97 Å². The van der Waals surface area contributed by atoms with Crippen molar-refractivity contribution in [2.24, 2.45) is 5.73 Å². The van der Waals surface area contributed by atoms with E-state index < -0.39 is 5.91 Å². The van der Waals surface area contributed by atoms with Gasteiger partial charge in [-0.05, 0) is 6.08 Å². The second kappa shape index (κ2) is 4.84. The van der Waals surface area contributed by atoms with E-state index >= 15 is 0 Å². The third kappa shape index (κ3) is 2.73. The quantitative estimate of drug-likeness (QED) is 0.817. The SMILES string of the molecule is NC(=O)/C=C/c1nc(-c2ccccc2)[nH]c1Cl. The first kappa shape index (κ1) is 11.4. The zero-order chi connectivity index (χ0) is 12.3. The highest BCUT2D eigenvalue weighted by molar-refractivity contribution is 6.31. The summed E-state index contributed by atoms with van der Waals surface area (Å²) < 4.78 is 0. The highest BCUT2D eigenvalue weighted by Crippen LogP contribution is 2.21. The molecule has 0 bridgehead atoms. The number of aromatic nitrogens is 2. The first-order valence-electron chi connectivity index (χ1n) is 4.95. The lowest BCUT2D eigenvalue weighted by Gasteiger charge is -1.93. The number of nitrogens with two attached hydrogens (primary N) is 1. The Morgan fingerprint density at radius 2 is 2.06 bits per heavy atom. The highest BCUT2D eigenvalue weighted by atomic mass is 35.5. The maximum absolute atomic E-state index is 10.6. The lowest BCUT2D eigenvalue weighted by atomic mass is 10.2. The second-order valence-corrected chi connectivity index (χ2v) is 3.76. The second-order valence-electron chi connectivity index (χ2n) is 3.39. The molecule has 1 aromatic carbocycles. The number of hydrogen-bond acceptors (Lipinski definition) is 2. The van der Waals surface area contributed by atoms with E-state index in [0.717, 1.165) is 5.56 Å². The van der Waals surface area contributed by atoms with E-state index in [0.29, 0.717) is 16.7 Å². The number of carbonyl (C=O) groups is 1. The minimum Gasteiger partial charge on any atom is -0.366 e. The summed E-state index contributed by atoms with van der Waals surface area (Å²) in [5.74, 6) is 0.116. The van der Waals surface area contributed by atoms with Crippen LogP contribution in [0.4, 0.5) is 0 Å². The van der Waals surface area contributed by atoms with Crippen molar-refractivity contribution in [2.45, 2.75) is 0 Å². The van der Waals surface area contributed by atoms with Gasteiger partial charge in [-0.3, -0.25) is 4.79 Å². The van der Waals surface area contributed by atoms with E-state index in [1.807, 2.05) is 30.3 Å². The summed E-state index contributed by atoms with van der Waals surface area (Å²) in [6.07, 6.45) is 2.70. The number of H-pyrrole nitrogens is 1. The normalized spacial score (nSPS) is 10.9. The minimum absolute atomic E-state index is 0.376. The van der Waals surface area contributed by atoms with Gasteiger partial charge in [0.15, 0.2) is 0 Å². The number of amides is 1. The lowest BCUT2D eigenvalue weighted by molar-refractivity contribution is -0.113. The number of halogens is 1. The molecule has 0 fully saturated rings. The van der Waals surface area contributed by atoms with Crippen LogP contribution in [0.1, 0.15) is 5.69 Å². The Balaban J connectivity index is 2.34. The molecule has 17 heavy (non-hydrogen) atoms. The molecule has 1 amide bonds. The number of nitrogens with zero attached hydrogens (tertiary/aromatic N) is 1. The van der Waals surface area contributed by atoms with Crippen LogP contribution >= 0.6 is 11.6 Å². The summed E-state index contributed by atoms with van der Waals surface area (Å²) in [4.78, 5) is 17.8. The Labute approximate surface area is 103 Å². The third-order valence-corrected chi connectivity index (χ3v) is 2.43. The molecule has 1 aromatic heterocycles. The van der Waals surface area contributed by atoms with Crippen LogP contribution in [0.3, 0.4) is 0 Å². The summed E-state index contributed by atoms with van der Waals surface area (Å²) in [6, 6.07) is 9.56. The van der Waals surface area contributed by atoms with Gasteiger partial charge in [-0.1, -0.05) is 41.9 Å². The largest absolute Gasteiger partial charge is 0.366 e. The van der Waals surface area contributed by atoms with Gasteiger partial charge in [-0.2, -0.15) is 0 Å². The fraction of sp³-hybridized carbons (Fsp3) is 0. The van der Waals surface area contributed by atoms with Crippen LogP contribution in [0.15, 0.2) is 36.4 Å². The van der Waals surface area contributed by atoms with Gasteiger partial charge >= 0.3 is 0 Å². The zero-order valence-electron chi connectivity index (χ0n) is 8.85. The fourth-order valence-corrected chi connectivity index (χ4v) is 1.56. The molecule has 1 heterocycles. The topological polar surface area (TPSA) is 71.8 Å². The molecule has 0 aliphatic rings. The molecule has 0 saturated carbocycles. The van der Waals surface area contributed by atoms with Crippen LogP contribution in [0.5, 0.6) is 0 Å². The van der Waals surface area contributed by atoms with Gasteiger partial charge in [0.1, 0.15) is 16.7 Å². The molecule has 0 atom stereocenters. The molecule has 4 nitrogen and oxygen atoms in total. The van der Waals surface area contributed by atoms with Crippen molar-refractivity contribution in [3.05, 3.63) is 47.3 Å². The predicted molar refractivity (Wildman–Crippen MR) is 67.3 cm³/mol. The number of rotatable bonds is 3. The minimum atomic E-state index is -0.537. The fourth-order valence-electron chi connectivity index (χ4n) is 1.37. The van der Waals surface area contributed by atoms with Crippen molar-refractivity contribution < 1.29 is 4.79 Å². The van der Waals surface area contributed by atoms with E-state index in [4.69, 9.17) is 17.3 Å². The van der Waals surface area contributed by atoms with Gasteiger partial charge in [0.2, 0.25) is 5.91 Å². The van der Waals surface area contributed by atoms with Crippen molar-refractivity contribution in [3.63, 3.8) is 0 Å². The van der Waals surface area contributed by atoms with Crippen LogP contribution < -0.4 is 5.73 Å². The van der Waals surface area contributed by atoms with Gasteiger partial charge in [-0.25, -0.2) is 4.98 Å².